The van der Waals surface area contributed by atoms with Gasteiger partial charge in [-0.15, -0.1) is 0 Å². The zero-order valence-electron chi connectivity index (χ0n) is 8.16. The van der Waals surface area contributed by atoms with Gasteiger partial charge in [-0.3, -0.25) is 0 Å². The van der Waals surface area contributed by atoms with Crippen LogP contribution >= 0.6 is 15.9 Å². The third-order valence-corrected chi connectivity index (χ3v) is 2.49. The molecule has 0 atom stereocenters. The highest BCUT2D eigenvalue weighted by Crippen LogP contribution is 2.33. The summed E-state index contributed by atoms with van der Waals surface area (Å²) in [5.41, 5.74) is 7.22. The molecule has 2 aromatic rings. The summed E-state index contributed by atoms with van der Waals surface area (Å²) in [5.74, 6) is 1.45. The number of nitrogen functional groups attached to an aromatic ring is 1. The van der Waals surface area contributed by atoms with Crippen LogP contribution in [0.2, 0.25) is 0 Å². The molecule has 0 spiro atoms. The molecule has 0 aliphatic carbocycles. The van der Waals surface area contributed by atoms with Crippen molar-refractivity contribution in [2.24, 2.45) is 0 Å². The molecule has 1 heterocycles. The smallest absolute Gasteiger partial charge is 0.169 e. The fraction of sp³-hybridized carbons (Fsp3) is 0.0909. The quantitative estimate of drug-likeness (QED) is 0.850. The zero-order valence-corrected chi connectivity index (χ0v) is 9.74. The van der Waals surface area contributed by atoms with Gasteiger partial charge in [-0.2, -0.15) is 0 Å². The molecule has 0 fully saturated rings. The highest BCUT2D eigenvalue weighted by molar-refractivity contribution is 9.10. The van der Waals surface area contributed by atoms with Crippen molar-refractivity contribution in [3.63, 3.8) is 0 Å². The number of rotatable bonds is 2. The second-order valence-corrected chi connectivity index (χ2v) is 3.85. The summed E-state index contributed by atoms with van der Waals surface area (Å²) in [4.78, 5) is 0. The topological polar surface area (TPSA) is 48.4 Å². The first-order valence-electron chi connectivity index (χ1n) is 4.40. The van der Waals surface area contributed by atoms with Crippen LogP contribution in [-0.2, 0) is 0 Å². The minimum absolute atomic E-state index is 0.668. The summed E-state index contributed by atoms with van der Waals surface area (Å²) < 4.78 is 11.4. The third-order valence-electron chi connectivity index (χ3n) is 2.06. The highest BCUT2D eigenvalue weighted by Gasteiger charge is 2.09. The van der Waals surface area contributed by atoms with Gasteiger partial charge < -0.3 is 14.9 Å². The molecule has 0 aliphatic rings. The van der Waals surface area contributed by atoms with Gasteiger partial charge in [-0.1, -0.05) is 0 Å². The highest BCUT2D eigenvalue weighted by atomic mass is 79.9. The van der Waals surface area contributed by atoms with Crippen LogP contribution in [0.4, 0.5) is 5.69 Å². The van der Waals surface area contributed by atoms with E-state index in [-0.39, 0.29) is 0 Å². The lowest BCUT2D eigenvalue weighted by molar-refractivity contribution is 0.414. The van der Waals surface area contributed by atoms with Crippen molar-refractivity contribution < 1.29 is 9.15 Å². The van der Waals surface area contributed by atoms with Gasteiger partial charge in [0.25, 0.3) is 0 Å². The molecule has 0 radical (unpaired) electrons. The van der Waals surface area contributed by atoms with Crippen LogP contribution in [0.5, 0.6) is 5.75 Å². The Hall–Kier alpha value is -1.42. The van der Waals surface area contributed by atoms with Crippen molar-refractivity contribution in [3.8, 4) is 17.1 Å². The van der Waals surface area contributed by atoms with E-state index in [4.69, 9.17) is 14.9 Å². The largest absolute Gasteiger partial charge is 0.496 e. The molecule has 2 rings (SSSR count). The number of benzene rings is 1. The number of ether oxygens (including phenoxy) is 1. The molecule has 15 heavy (non-hydrogen) atoms. The van der Waals surface area contributed by atoms with E-state index < -0.39 is 0 Å². The van der Waals surface area contributed by atoms with Crippen LogP contribution in [0.25, 0.3) is 11.3 Å². The molecule has 1 aromatic heterocycles. The summed E-state index contributed by atoms with van der Waals surface area (Å²) in [5, 5.41) is 0. The van der Waals surface area contributed by atoms with Gasteiger partial charge in [0.1, 0.15) is 11.5 Å². The van der Waals surface area contributed by atoms with Gasteiger partial charge in [0, 0.05) is 11.8 Å². The normalized spacial score (nSPS) is 10.3. The number of hydrogen-bond acceptors (Lipinski definition) is 3. The van der Waals surface area contributed by atoms with E-state index in [9.17, 15) is 0 Å². The first-order valence-corrected chi connectivity index (χ1v) is 5.19. The maximum absolute atomic E-state index is 5.67. The molecule has 0 aliphatic heterocycles. The van der Waals surface area contributed by atoms with E-state index in [1.54, 1.807) is 13.2 Å². The Kier molecular flexibility index (Phi) is 2.68. The van der Waals surface area contributed by atoms with E-state index >= 15 is 0 Å². The Morgan fingerprint density at radius 2 is 2.07 bits per heavy atom. The molecule has 0 saturated carbocycles. The standard InChI is InChI=1S/C11H10BrNO2/c1-14-10-6-7(13)2-3-8(10)9-4-5-11(12)15-9/h2-6H,13H2,1H3. The van der Waals surface area contributed by atoms with Gasteiger partial charge >= 0.3 is 0 Å². The summed E-state index contributed by atoms with van der Waals surface area (Å²) in [6.07, 6.45) is 0. The lowest BCUT2D eigenvalue weighted by atomic mass is 10.1. The second-order valence-electron chi connectivity index (χ2n) is 3.06. The minimum Gasteiger partial charge on any atom is -0.496 e. The number of furan rings is 1. The maximum Gasteiger partial charge on any atom is 0.169 e. The van der Waals surface area contributed by atoms with Gasteiger partial charge in [0.15, 0.2) is 4.67 Å². The SMILES string of the molecule is COc1cc(N)ccc1-c1ccc(Br)o1. The monoisotopic (exact) mass is 267 g/mol. The maximum atomic E-state index is 5.67. The molecule has 2 N–H and O–H groups in total. The van der Waals surface area contributed by atoms with E-state index in [2.05, 4.69) is 15.9 Å². The first-order chi connectivity index (χ1) is 7.20. The van der Waals surface area contributed by atoms with Crippen LogP contribution in [-0.4, -0.2) is 7.11 Å². The third kappa shape index (κ3) is 1.99. The van der Waals surface area contributed by atoms with E-state index in [0.29, 0.717) is 16.1 Å². The van der Waals surface area contributed by atoms with Crippen LogP contribution in [0, 0.1) is 0 Å². The predicted molar refractivity (Wildman–Crippen MR) is 62.8 cm³/mol. The molecule has 4 heteroatoms. The van der Waals surface area contributed by atoms with Crippen molar-refractivity contribution >= 4 is 21.6 Å². The Balaban J connectivity index is 2.52. The second kappa shape index (κ2) is 3.98. The first kappa shape index (κ1) is 10.1. The molecule has 3 nitrogen and oxygen atoms in total. The molecule has 0 bridgehead atoms. The Bertz CT molecular complexity index is 479. The molecular weight excluding hydrogens is 258 g/mol. The van der Waals surface area contributed by atoms with Crippen molar-refractivity contribution in [2.75, 3.05) is 12.8 Å². The van der Waals surface area contributed by atoms with Crippen molar-refractivity contribution in [3.05, 3.63) is 35.0 Å². The fourth-order valence-electron chi connectivity index (χ4n) is 1.37. The summed E-state index contributed by atoms with van der Waals surface area (Å²) in [6.45, 7) is 0. The molecule has 0 saturated heterocycles. The van der Waals surface area contributed by atoms with E-state index in [1.165, 1.54) is 0 Å². The molecule has 0 amide bonds. The summed E-state index contributed by atoms with van der Waals surface area (Å²) in [7, 11) is 1.61. The van der Waals surface area contributed by atoms with Crippen molar-refractivity contribution in [1.29, 1.82) is 0 Å². The zero-order chi connectivity index (χ0) is 10.8. The summed E-state index contributed by atoms with van der Waals surface area (Å²) in [6, 6.07) is 9.17. The van der Waals surface area contributed by atoms with E-state index in [0.717, 1.165) is 11.3 Å². The van der Waals surface area contributed by atoms with Gasteiger partial charge in [-0.05, 0) is 40.2 Å². The Morgan fingerprint density at radius 1 is 1.27 bits per heavy atom. The lowest BCUT2D eigenvalue weighted by Crippen LogP contribution is -1.90. The van der Waals surface area contributed by atoms with Crippen LogP contribution in [0.1, 0.15) is 0 Å². The minimum atomic E-state index is 0.668. The number of methoxy groups -OCH3 is 1. The number of halogens is 1. The molecule has 0 unspecified atom stereocenters. The number of hydrogen-bond donors (Lipinski definition) is 1. The van der Waals surface area contributed by atoms with Crippen molar-refractivity contribution in [1.82, 2.24) is 0 Å². The van der Waals surface area contributed by atoms with Gasteiger partial charge in [0.05, 0.1) is 12.7 Å². The van der Waals surface area contributed by atoms with Gasteiger partial charge in [-0.25, -0.2) is 0 Å². The average molecular weight is 268 g/mol. The van der Waals surface area contributed by atoms with Gasteiger partial charge in [0.2, 0.25) is 0 Å². The molecule has 1 aromatic carbocycles. The van der Waals surface area contributed by atoms with Crippen molar-refractivity contribution in [2.45, 2.75) is 0 Å². The molecular formula is C11H10BrNO2. The molecule has 78 valence electrons. The van der Waals surface area contributed by atoms with E-state index in [1.807, 2.05) is 24.3 Å². The lowest BCUT2D eigenvalue weighted by Gasteiger charge is -2.06. The number of anilines is 1. The Morgan fingerprint density at radius 3 is 2.67 bits per heavy atom. The predicted octanol–water partition coefficient (Wildman–Crippen LogP) is 3.30. The number of nitrogens with two attached hydrogens (primary N) is 1. The van der Waals surface area contributed by atoms with Crippen LogP contribution in [0.15, 0.2) is 39.4 Å². The van der Waals surface area contributed by atoms with Crippen LogP contribution in [0.3, 0.4) is 0 Å². The fourth-order valence-corrected chi connectivity index (χ4v) is 1.68. The average Bonchev–Trinajstić information content (AvgIpc) is 2.64. The summed E-state index contributed by atoms with van der Waals surface area (Å²) >= 11 is 3.26. The Labute approximate surface area is 96.0 Å². The van der Waals surface area contributed by atoms with Crippen LogP contribution < -0.4 is 10.5 Å².